The van der Waals surface area contributed by atoms with E-state index in [4.69, 9.17) is 4.84 Å². The average Bonchev–Trinajstić information content (AvgIpc) is 3.87. The van der Waals surface area contributed by atoms with Crippen molar-refractivity contribution >= 4 is 70.7 Å². The van der Waals surface area contributed by atoms with E-state index in [-0.39, 0.29) is 73.0 Å². The van der Waals surface area contributed by atoms with Crippen molar-refractivity contribution in [1.82, 2.24) is 25.9 Å². The molecule has 1 aromatic carbocycles. The van der Waals surface area contributed by atoms with E-state index in [0.717, 1.165) is 25.7 Å². The molecule has 4 aliphatic rings. The number of carbonyl (C=O) groups is 9. The highest BCUT2D eigenvalue weighted by Crippen LogP contribution is 2.30. The van der Waals surface area contributed by atoms with Crippen LogP contribution < -0.4 is 21.3 Å². The Labute approximate surface area is 336 Å². The first-order chi connectivity index (χ1) is 27.5. The van der Waals surface area contributed by atoms with Gasteiger partial charge in [-0.1, -0.05) is 37.5 Å². The van der Waals surface area contributed by atoms with Gasteiger partial charge in [-0.15, -0.1) is 16.8 Å². The number of anilines is 1. The van der Waals surface area contributed by atoms with Gasteiger partial charge >= 0.3 is 5.97 Å². The molecule has 0 radical (unpaired) electrons. The molecule has 0 bridgehead atoms. The van der Waals surface area contributed by atoms with Crippen molar-refractivity contribution in [2.45, 2.75) is 126 Å². The van der Waals surface area contributed by atoms with E-state index < -0.39 is 35.1 Å². The van der Waals surface area contributed by atoms with E-state index >= 15 is 0 Å². The normalized spacial score (nSPS) is 22.7. The number of amides is 8. The van der Waals surface area contributed by atoms with Crippen LogP contribution in [0.15, 0.2) is 30.3 Å². The molecule has 3 aliphatic heterocycles. The quantitative estimate of drug-likeness (QED) is 0.105. The van der Waals surface area contributed by atoms with Gasteiger partial charge in [-0.25, -0.2) is 4.79 Å². The molecule has 0 spiro atoms. The van der Waals surface area contributed by atoms with Gasteiger partial charge in [-0.2, -0.15) is 0 Å². The number of rotatable bonds is 21. The number of unbranched alkanes of at least 4 members (excludes halogenated alkanes) is 4. The van der Waals surface area contributed by atoms with Gasteiger partial charge in [0.2, 0.25) is 35.4 Å². The van der Waals surface area contributed by atoms with Gasteiger partial charge in [0.1, 0.15) is 12.1 Å². The molecule has 1 saturated carbocycles. The third-order valence-corrected chi connectivity index (χ3v) is 12.2. The lowest BCUT2D eigenvalue weighted by Crippen LogP contribution is -2.50. The van der Waals surface area contributed by atoms with Crippen LogP contribution in [-0.2, 0) is 48.0 Å². The third-order valence-electron chi connectivity index (χ3n) is 10.9. The summed E-state index contributed by atoms with van der Waals surface area (Å²) in [4.78, 5) is 118. The Bertz CT molecular complexity index is 1640. The largest absolute Gasteiger partial charge is 0.356 e. The molecule has 1 unspecified atom stereocenters. The Hall–Kier alpha value is -4.80. The van der Waals surface area contributed by atoms with E-state index in [0.29, 0.717) is 87.4 Å². The van der Waals surface area contributed by atoms with E-state index in [1.54, 1.807) is 24.3 Å². The Morgan fingerprint density at radius 1 is 0.825 bits per heavy atom. The van der Waals surface area contributed by atoms with Gasteiger partial charge in [0, 0.05) is 50.9 Å². The molecular weight excluding hydrogens is 757 g/mol. The zero-order valence-electron chi connectivity index (χ0n) is 32.3. The predicted molar refractivity (Wildman–Crippen MR) is 208 cm³/mol. The van der Waals surface area contributed by atoms with Crippen molar-refractivity contribution in [2.24, 2.45) is 11.8 Å². The SMILES string of the molecule is O=C(CCCCCN1C(=O)CC(SCCCCC[C@H](NC(=O)[C@H]2CCC(=O)N2)C(=O)Nc2ccccc2)C1=O)NC[C@H]1CC[C@H](C(=O)ON2C(=O)CCC2=O)CC1. The van der Waals surface area contributed by atoms with Gasteiger partial charge in [0.15, 0.2) is 0 Å². The molecule has 1 aliphatic carbocycles. The topological polar surface area (TPSA) is 217 Å². The van der Waals surface area contributed by atoms with Crippen LogP contribution in [-0.4, -0.2) is 99.4 Å². The minimum Gasteiger partial charge on any atom is -0.356 e. The molecule has 3 atom stereocenters. The molecule has 0 aromatic heterocycles. The average molecular weight is 811 g/mol. The Morgan fingerprint density at radius 2 is 1.54 bits per heavy atom. The van der Waals surface area contributed by atoms with Gasteiger partial charge < -0.3 is 26.1 Å². The molecule has 8 amide bonds. The molecule has 57 heavy (non-hydrogen) atoms. The number of para-hydroxylation sites is 1. The second-order valence-electron chi connectivity index (χ2n) is 15.2. The number of benzene rings is 1. The van der Waals surface area contributed by atoms with E-state index in [1.807, 2.05) is 6.07 Å². The number of hydrogen-bond donors (Lipinski definition) is 4. The van der Waals surface area contributed by atoms with Gasteiger partial charge in [-0.05, 0) is 81.6 Å². The molecule has 5 rings (SSSR count). The van der Waals surface area contributed by atoms with Gasteiger partial charge in [-0.3, -0.25) is 43.3 Å². The summed E-state index contributed by atoms with van der Waals surface area (Å²) in [6, 6.07) is 7.54. The van der Waals surface area contributed by atoms with Crippen LogP contribution in [0.3, 0.4) is 0 Å². The molecule has 4 N–H and O–H groups in total. The number of likely N-dealkylation sites (tertiary alicyclic amines) is 1. The van der Waals surface area contributed by atoms with Crippen LogP contribution in [0.4, 0.5) is 5.69 Å². The first-order valence-electron chi connectivity index (χ1n) is 20.2. The van der Waals surface area contributed by atoms with Crippen LogP contribution in [0.1, 0.15) is 109 Å². The highest BCUT2D eigenvalue weighted by atomic mass is 32.2. The molecule has 16 nitrogen and oxygen atoms in total. The summed E-state index contributed by atoms with van der Waals surface area (Å²) < 4.78 is 0. The highest BCUT2D eigenvalue weighted by Gasteiger charge is 2.39. The van der Waals surface area contributed by atoms with Crippen LogP contribution in [0.5, 0.6) is 0 Å². The van der Waals surface area contributed by atoms with Gasteiger partial charge in [0.05, 0.1) is 11.2 Å². The molecule has 3 heterocycles. The summed E-state index contributed by atoms with van der Waals surface area (Å²) in [5, 5.41) is 11.4. The molecule has 4 fully saturated rings. The van der Waals surface area contributed by atoms with Crippen molar-refractivity contribution in [1.29, 1.82) is 0 Å². The Kier molecular flexibility index (Phi) is 16.5. The summed E-state index contributed by atoms with van der Waals surface area (Å²) in [7, 11) is 0. The zero-order chi connectivity index (χ0) is 40.7. The van der Waals surface area contributed by atoms with E-state index in [9.17, 15) is 43.2 Å². The highest BCUT2D eigenvalue weighted by molar-refractivity contribution is 8.00. The van der Waals surface area contributed by atoms with Crippen molar-refractivity contribution in [2.75, 3.05) is 24.2 Å². The number of thioether (sulfide) groups is 1. The summed E-state index contributed by atoms with van der Waals surface area (Å²) in [5.74, 6) is -2.36. The summed E-state index contributed by atoms with van der Waals surface area (Å²) in [5.41, 5.74) is 0.617. The number of nitrogens with zero attached hydrogens (tertiary/aromatic N) is 2. The van der Waals surface area contributed by atoms with E-state index in [1.165, 1.54) is 16.7 Å². The maximum atomic E-state index is 13.1. The van der Waals surface area contributed by atoms with Crippen LogP contribution in [0, 0.1) is 11.8 Å². The lowest BCUT2D eigenvalue weighted by molar-refractivity contribution is -0.201. The molecule has 3 saturated heterocycles. The predicted octanol–water partition coefficient (Wildman–Crippen LogP) is 2.90. The fraction of sp³-hybridized carbons (Fsp3) is 0.625. The summed E-state index contributed by atoms with van der Waals surface area (Å²) in [6.45, 7) is 0.831. The minimum absolute atomic E-state index is 0.0553. The fourth-order valence-corrected chi connectivity index (χ4v) is 8.66. The van der Waals surface area contributed by atoms with Crippen LogP contribution >= 0.6 is 11.8 Å². The Morgan fingerprint density at radius 3 is 2.25 bits per heavy atom. The fourth-order valence-electron chi connectivity index (χ4n) is 7.48. The lowest BCUT2D eigenvalue weighted by atomic mass is 9.82. The molecular formula is C40H54N6O10S. The van der Waals surface area contributed by atoms with Crippen LogP contribution in [0.25, 0.3) is 0 Å². The van der Waals surface area contributed by atoms with Crippen molar-refractivity contribution in [3.63, 3.8) is 0 Å². The zero-order valence-corrected chi connectivity index (χ0v) is 33.1. The van der Waals surface area contributed by atoms with Gasteiger partial charge in [0.25, 0.3) is 11.8 Å². The minimum atomic E-state index is -0.776. The Balaban J connectivity index is 0.905. The first-order valence-corrected chi connectivity index (χ1v) is 21.3. The molecule has 17 heteroatoms. The van der Waals surface area contributed by atoms with Crippen molar-refractivity contribution in [3.8, 4) is 0 Å². The number of carbonyl (C=O) groups excluding carboxylic acids is 9. The maximum Gasteiger partial charge on any atom is 0.336 e. The van der Waals surface area contributed by atoms with Crippen LogP contribution in [0.2, 0.25) is 0 Å². The smallest absolute Gasteiger partial charge is 0.336 e. The standard InChI is InChI=1S/C40H54N6O10S/c47-32(41-25-26-14-16-27(17-15-26)40(55)56-46-34(49)20-21-35(46)50)13-7-2-8-22-45-36(51)24-31(39(45)54)57-23-9-3-6-12-29(37(52)42-28-10-4-1-5-11-28)44-38(53)30-18-19-33(48)43-30/h1,4-5,10-11,26-27,29-31H,2-3,6-9,12-25H2,(H,41,47)(H,42,52)(H,43,48)(H,44,53)/t26-,27-,29-,30+,31?/m0/s1. The number of nitrogens with one attached hydrogen (secondary N) is 4. The van der Waals surface area contributed by atoms with Crippen molar-refractivity contribution < 1.29 is 48.0 Å². The second-order valence-corrected chi connectivity index (χ2v) is 16.5. The van der Waals surface area contributed by atoms with Crippen molar-refractivity contribution in [3.05, 3.63) is 30.3 Å². The second kappa shape index (κ2) is 21.6. The lowest BCUT2D eigenvalue weighted by Gasteiger charge is -2.28. The summed E-state index contributed by atoms with van der Waals surface area (Å²) >= 11 is 1.46. The van der Waals surface area contributed by atoms with E-state index in [2.05, 4.69) is 21.3 Å². The first kappa shape index (κ1) is 43.3. The molecule has 1 aromatic rings. The summed E-state index contributed by atoms with van der Waals surface area (Å²) in [6.07, 6.45) is 8.36. The number of hydrogen-bond acceptors (Lipinski definition) is 11. The number of hydroxylamine groups is 2. The molecule has 310 valence electrons. The maximum absolute atomic E-state index is 13.1. The monoisotopic (exact) mass is 810 g/mol. The number of imide groups is 2. The third kappa shape index (κ3) is 13.1.